The smallest absolute Gasteiger partial charge is 0.274 e. The molecule has 7 heteroatoms. The molecule has 25 heavy (non-hydrogen) atoms. The lowest BCUT2D eigenvalue weighted by Gasteiger charge is -2.24. The maximum Gasteiger partial charge on any atom is 0.274 e. The molecule has 2 fully saturated rings. The SMILES string of the molecule is Cc1cnn(C[C@@H]2CCCN2C(=O)c2ccc(N3CCCC3)nn2)c1. The van der Waals surface area contributed by atoms with Crippen LogP contribution < -0.4 is 4.90 Å². The number of nitrogens with zero attached hydrogens (tertiary/aromatic N) is 6. The summed E-state index contributed by atoms with van der Waals surface area (Å²) in [6.45, 7) is 5.59. The van der Waals surface area contributed by atoms with Gasteiger partial charge in [0.1, 0.15) is 0 Å². The first-order valence-corrected chi connectivity index (χ1v) is 9.09. The van der Waals surface area contributed by atoms with Crippen LogP contribution in [0.3, 0.4) is 0 Å². The Morgan fingerprint density at radius 3 is 2.68 bits per heavy atom. The number of anilines is 1. The third-order valence-electron chi connectivity index (χ3n) is 5.10. The molecule has 4 rings (SSSR count). The van der Waals surface area contributed by atoms with Gasteiger partial charge in [-0.25, -0.2) is 0 Å². The molecule has 7 nitrogen and oxygen atoms in total. The maximum absolute atomic E-state index is 12.9. The van der Waals surface area contributed by atoms with E-state index in [1.165, 1.54) is 12.8 Å². The highest BCUT2D eigenvalue weighted by Crippen LogP contribution is 2.22. The van der Waals surface area contributed by atoms with Gasteiger partial charge in [-0.15, -0.1) is 10.2 Å². The third kappa shape index (κ3) is 3.36. The average molecular weight is 340 g/mol. The summed E-state index contributed by atoms with van der Waals surface area (Å²) in [4.78, 5) is 17.0. The van der Waals surface area contributed by atoms with E-state index < -0.39 is 0 Å². The van der Waals surface area contributed by atoms with Crippen LogP contribution in [0.2, 0.25) is 0 Å². The van der Waals surface area contributed by atoms with Crippen LogP contribution in [0.1, 0.15) is 41.7 Å². The molecule has 0 aromatic carbocycles. The van der Waals surface area contributed by atoms with Crippen LogP contribution in [0.5, 0.6) is 0 Å². The van der Waals surface area contributed by atoms with E-state index in [-0.39, 0.29) is 11.9 Å². The molecule has 0 N–H and O–H groups in total. The average Bonchev–Trinajstić information content (AvgIpc) is 3.37. The lowest BCUT2D eigenvalue weighted by molar-refractivity contribution is 0.0714. The summed E-state index contributed by atoms with van der Waals surface area (Å²) in [6.07, 6.45) is 8.30. The lowest BCUT2D eigenvalue weighted by Crippen LogP contribution is -2.38. The fraction of sp³-hybridized carbons (Fsp3) is 0.556. The molecule has 0 spiro atoms. The van der Waals surface area contributed by atoms with E-state index in [9.17, 15) is 4.79 Å². The molecule has 0 unspecified atom stereocenters. The molecular weight excluding hydrogens is 316 g/mol. The normalized spacial score (nSPS) is 20.4. The van der Waals surface area contributed by atoms with E-state index in [1.807, 2.05) is 41.0 Å². The van der Waals surface area contributed by atoms with Crippen LogP contribution >= 0.6 is 0 Å². The Labute approximate surface area is 147 Å². The van der Waals surface area contributed by atoms with Crippen molar-refractivity contribution in [3.8, 4) is 0 Å². The molecule has 0 saturated carbocycles. The predicted molar refractivity (Wildman–Crippen MR) is 94.5 cm³/mol. The molecule has 1 amide bonds. The lowest BCUT2D eigenvalue weighted by atomic mass is 10.2. The number of carbonyl (C=O) groups is 1. The summed E-state index contributed by atoms with van der Waals surface area (Å²) in [6, 6.07) is 3.91. The molecule has 0 bridgehead atoms. The van der Waals surface area contributed by atoms with Crippen molar-refractivity contribution < 1.29 is 4.79 Å². The summed E-state index contributed by atoms with van der Waals surface area (Å²) < 4.78 is 1.92. The Morgan fingerprint density at radius 1 is 1.16 bits per heavy atom. The zero-order chi connectivity index (χ0) is 17.2. The first-order chi connectivity index (χ1) is 12.2. The molecule has 1 atom stereocenters. The minimum atomic E-state index is -0.0214. The van der Waals surface area contributed by atoms with Crippen LogP contribution in [-0.4, -0.2) is 56.5 Å². The van der Waals surface area contributed by atoms with Crippen LogP contribution in [0.4, 0.5) is 5.82 Å². The number of rotatable bonds is 4. The highest BCUT2D eigenvalue weighted by molar-refractivity contribution is 5.92. The van der Waals surface area contributed by atoms with E-state index in [0.29, 0.717) is 5.69 Å². The first kappa shape index (κ1) is 16.1. The Kier molecular flexibility index (Phi) is 4.38. The van der Waals surface area contributed by atoms with Crippen LogP contribution in [0.25, 0.3) is 0 Å². The van der Waals surface area contributed by atoms with Crippen molar-refractivity contribution in [3.63, 3.8) is 0 Å². The Balaban J connectivity index is 1.45. The number of likely N-dealkylation sites (tertiary alicyclic amines) is 1. The van der Waals surface area contributed by atoms with Crippen molar-refractivity contribution in [2.75, 3.05) is 24.5 Å². The van der Waals surface area contributed by atoms with E-state index >= 15 is 0 Å². The van der Waals surface area contributed by atoms with Gasteiger partial charge >= 0.3 is 0 Å². The van der Waals surface area contributed by atoms with Crippen molar-refractivity contribution in [2.45, 2.75) is 45.2 Å². The second-order valence-corrected chi connectivity index (χ2v) is 7.01. The highest BCUT2D eigenvalue weighted by Gasteiger charge is 2.31. The third-order valence-corrected chi connectivity index (χ3v) is 5.10. The van der Waals surface area contributed by atoms with Gasteiger partial charge in [0.15, 0.2) is 11.5 Å². The molecule has 2 aromatic heterocycles. The first-order valence-electron chi connectivity index (χ1n) is 9.09. The van der Waals surface area contributed by atoms with Gasteiger partial charge in [0.25, 0.3) is 5.91 Å². The van der Waals surface area contributed by atoms with Crippen molar-refractivity contribution in [2.24, 2.45) is 0 Å². The molecule has 2 saturated heterocycles. The molecule has 0 aliphatic carbocycles. The highest BCUT2D eigenvalue weighted by atomic mass is 16.2. The molecule has 2 aromatic rings. The van der Waals surface area contributed by atoms with Crippen LogP contribution in [-0.2, 0) is 6.54 Å². The monoisotopic (exact) mass is 340 g/mol. The van der Waals surface area contributed by atoms with Crippen molar-refractivity contribution in [3.05, 3.63) is 35.8 Å². The van der Waals surface area contributed by atoms with Crippen molar-refractivity contribution >= 4 is 11.7 Å². The summed E-state index contributed by atoms with van der Waals surface area (Å²) in [5.74, 6) is 0.853. The van der Waals surface area contributed by atoms with Gasteiger partial charge in [-0.05, 0) is 50.3 Å². The number of hydrogen-bond acceptors (Lipinski definition) is 5. The Morgan fingerprint density at radius 2 is 2.00 bits per heavy atom. The van der Waals surface area contributed by atoms with Gasteiger partial charge in [-0.1, -0.05) is 0 Å². The topological polar surface area (TPSA) is 67.2 Å². The minimum Gasteiger partial charge on any atom is -0.355 e. The summed E-state index contributed by atoms with van der Waals surface area (Å²) in [5.41, 5.74) is 1.57. The van der Waals surface area contributed by atoms with Gasteiger partial charge in [-0.2, -0.15) is 5.10 Å². The minimum absolute atomic E-state index is 0.0214. The fourth-order valence-corrected chi connectivity index (χ4v) is 3.78. The summed E-state index contributed by atoms with van der Waals surface area (Å²) in [7, 11) is 0. The maximum atomic E-state index is 12.9. The molecule has 132 valence electrons. The zero-order valence-corrected chi connectivity index (χ0v) is 14.6. The molecule has 0 radical (unpaired) electrons. The number of amides is 1. The van der Waals surface area contributed by atoms with Crippen molar-refractivity contribution in [1.82, 2.24) is 24.9 Å². The molecule has 2 aliphatic heterocycles. The van der Waals surface area contributed by atoms with E-state index in [0.717, 1.165) is 50.4 Å². The van der Waals surface area contributed by atoms with E-state index in [4.69, 9.17) is 0 Å². The largest absolute Gasteiger partial charge is 0.355 e. The number of aryl methyl sites for hydroxylation is 1. The number of hydrogen-bond donors (Lipinski definition) is 0. The van der Waals surface area contributed by atoms with Gasteiger partial charge in [0, 0.05) is 25.8 Å². The quantitative estimate of drug-likeness (QED) is 0.850. The molecule has 2 aliphatic rings. The van der Waals surface area contributed by atoms with E-state index in [2.05, 4.69) is 20.2 Å². The second-order valence-electron chi connectivity index (χ2n) is 7.01. The summed E-state index contributed by atoms with van der Waals surface area (Å²) >= 11 is 0. The van der Waals surface area contributed by atoms with Gasteiger partial charge in [0.2, 0.25) is 0 Å². The second kappa shape index (κ2) is 6.82. The van der Waals surface area contributed by atoms with Crippen LogP contribution in [0, 0.1) is 6.92 Å². The molecule has 4 heterocycles. The van der Waals surface area contributed by atoms with Crippen molar-refractivity contribution in [1.29, 1.82) is 0 Å². The standard InChI is InChI=1S/C18H24N6O/c1-14-11-19-23(12-14)13-15-5-4-10-24(15)18(25)16-6-7-17(21-20-16)22-8-2-3-9-22/h6-7,11-12,15H,2-5,8-10,13H2,1H3/t15-/m0/s1. The Hall–Kier alpha value is -2.44. The van der Waals surface area contributed by atoms with Gasteiger partial charge in [0.05, 0.1) is 18.8 Å². The van der Waals surface area contributed by atoms with Gasteiger partial charge in [-0.3, -0.25) is 9.48 Å². The van der Waals surface area contributed by atoms with Gasteiger partial charge < -0.3 is 9.80 Å². The van der Waals surface area contributed by atoms with Crippen LogP contribution in [0.15, 0.2) is 24.5 Å². The summed E-state index contributed by atoms with van der Waals surface area (Å²) in [5, 5.41) is 12.8. The van der Waals surface area contributed by atoms with E-state index in [1.54, 1.807) is 0 Å². The zero-order valence-electron chi connectivity index (χ0n) is 14.6. The fourth-order valence-electron chi connectivity index (χ4n) is 3.78. The molecular formula is C18H24N6O. The predicted octanol–water partition coefficient (Wildman–Crippen LogP) is 1.89. The Bertz CT molecular complexity index is 734. The number of carbonyl (C=O) groups excluding carboxylic acids is 1. The number of aromatic nitrogens is 4.